The monoisotopic (exact) mass is 315 g/mol. The lowest BCUT2D eigenvalue weighted by Crippen LogP contribution is -2.46. The van der Waals surface area contributed by atoms with E-state index in [-0.39, 0.29) is 31.5 Å². The molecule has 0 bridgehead atoms. The standard InChI is InChI=1S/C14H25N3O5/c1-14(2,3)22-12(19)16-7-6-15-11(18)10-5-4-8-17(9-10)13(20)21/h10H,4-9H2,1-3H3,(H,15,18)(H,16,19)(H,20,21)/t10-/m0/s1. The number of amides is 3. The molecule has 8 heteroatoms. The smallest absolute Gasteiger partial charge is 0.407 e. The molecule has 1 aliphatic rings. The molecule has 22 heavy (non-hydrogen) atoms. The molecule has 0 aliphatic carbocycles. The molecule has 3 amide bonds. The molecule has 1 atom stereocenters. The highest BCUT2D eigenvalue weighted by Crippen LogP contribution is 2.16. The fourth-order valence-corrected chi connectivity index (χ4v) is 2.17. The van der Waals surface area contributed by atoms with Crippen molar-refractivity contribution in [3.05, 3.63) is 0 Å². The first-order valence-corrected chi connectivity index (χ1v) is 7.41. The molecule has 1 rings (SSSR count). The van der Waals surface area contributed by atoms with Crippen molar-refractivity contribution in [1.29, 1.82) is 0 Å². The van der Waals surface area contributed by atoms with E-state index in [1.807, 2.05) is 0 Å². The number of piperidine rings is 1. The van der Waals surface area contributed by atoms with Crippen LogP contribution in [-0.4, -0.2) is 59.9 Å². The lowest BCUT2D eigenvalue weighted by Gasteiger charge is -2.29. The summed E-state index contributed by atoms with van der Waals surface area (Å²) in [6.07, 6.45) is -0.170. The summed E-state index contributed by atoms with van der Waals surface area (Å²) in [6.45, 7) is 6.54. The van der Waals surface area contributed by atoms with Crippen molar-refractivity contribution in [3.8, 4) is 0 Å². The summed E-state index contributed by atoms with van der Waals surface area (Å²) in [4.78, 5) is 35.5. The Kier molecular flexibility index (Phi) is 6.45. The highest BCUT2D eigenvalue weighted by molar-refractivity contribution is 5.79. The van der Waals surface area contributed by atoms with Crippen LogP contribution in [0.25, 0.3) is 0 Å². The summed E-state index contributed by atoms with van der Waals surface area (Å²) in [5, 5.41) is 14.2. The van der Waals surface area contributed by atoms with Gasteiger partial charge >= 0.3 is 12.2 Å². The molecule has 0 aromatic rings. The van der Waals surface area contributed by atoms with Crippen molar-refractivity contribution < 1.29 is 24.2 Å². The number of alkyl carbamates (subject to hydrolysis) is 1. The second-order valence-electron chi connectivity index (χ2n) is 6.29. The molecule has 1 heterocycles. The molecule has 1 saturated heterocycles. The van der Waals surface area contributed by atoms with E-state index in [0.29, 0.717) is 19.4 Å². The summed E-state index contributed by atoms with van der Waals surface area (Å²) in [7, 11) is 0. The minimum atomic E-state index is -0.996. The summed E-state index contributed by atoms with van der Waals surface area (Å²) in [6, 6.07) is 0. The Hall–Kier alpha value is -1.99. The predicted octanol–water partition coefficient (Wildman–Crippen LogP) is 1.02. The third-order valence-corrected chi connectivity index (χ3v) is 3.16. The average molecular weight is 315 g/mol. The Morgan fingerprint density at radius 2 is 1.86 bits per heavy atom. The van der Waals surface area contributed by atoms with Gasteiger partial charge in [-0.1, -0.05) is 0 Å². The maximum atomic E-state index is 12.0. The van der Waals surface area contributed by atoms with Crippen molar-refractivity contribution in [3.63, 3.8) is 0 Å². The minimum Gasteiger partial charge on any atom is -0.465 e. The molecule has 1 fully saturated rings. The van der Waals surface area contributed by atoms with E-state index < -0.39 is 17.8 Å². The molecule has 8 nitrogen and oxygen atoms in total. The van der Waals surface area contributed by atoms with Crippen molar-refractivity contribution in [2.45, 2.75) is 39.2 Å². The van der Waals surface area contributed by atoms with Crippen molar-refractivity contribution in [1.82, 2.24) is 15.5 Å². The molecule has 126 valence electrons. The van der Waals surface area contributed by atoms with Crippen LogP contribution in [0.3, 0.4) is 0 Å². The van der Waals surface area contributed by atoms with Crippen LogP contribution in [0.5, 0.6) is 0 Å². The largest absolute Gasteiger partial charge is 0.465 e. The molecule has 0 unspecified atom stereocenters. The highest BCUT2D eigenvalue weighted by atomic mass is 16.6. The Morgan fingerprint density at radius 1 is 1.23 bits per heavy atom. The Balaban J connectivity index is 2.23. The molecule has 0 aromatic carbocycles. The van der Waals surface area contributed by atoms with Crippen molar-refractivity contribution in [2.24, 2.45) is 5.92 Å². The van der Waals surface area contributed by atoms with E-state index in [9.17, 15) is 14.4 Å². The molecular weight excluding hydrogens is 290 g/mol. The molecule has 3 N–H and O–H groups in total. The van der Waals surface area contributed by atoms with Crippen molar-refractivity contribution in [2.75, 3.05) is 26.2 Å². The number of carbonyl (C=O) groups excluding carboxylic acids is 2. The van der Waals surface area contributed by atoms with E-state index in [1.165, 1.54) is 4.90 Å². The fraction of sp³-hybridized carbons (Fsp3) is 0.786. The number of hydrogen-bond donors (Lipinski definition) is 3. The van der Waals surface area contributed by atoms with Gasteiger partial charge in [0, 0.05) is 26.2 Å². The van der Waals surface area contributed by atoms with Crippen LogP contribution in [0.1, 0.15) is 33.6 Å². The van der Waals surface area contributed by atoms with Gasteiger partial charge in [0.05, 0.1) is 5.92 Å². The minimum absolute atomic E-state index is 0.183. The molecule has 0 spiro atoms. The number of rotatable bonds is 4. The molecule has 0 aromatic heterocycles. The summed E-state index contributed by atoms with van der Waals surface area (Å²) >= 11 is 0. The van der Waals surface area contributed by atoms with E-state index in [0.717, 1.165) is 0 Å². The lowest BCUT2D eigenvalue weighted by atomic mass is 9.97. The first kappa shape index (κ1) is 18.1. The number of carboxylic acid groups (broad SMARTS) is 1. The second kappa shape index (κ2) is 7.86. The molecule has 0 saturated carbocycles. The van der Waals surface area contributed by atoms with Crippen LogP contribution in [-0.2, 0) is 9.53 Å². The Labute approximate surface area is 130 Å². The van der Waals surface area contributed by atoms with E-state index in [2.05, 4.69) is 10.6 Å². The third kappa shape index (κ3) is 6.64. The van der Waals surface area contributed by atoms with Crippen LogP contribution in [0, 0.1) is 5.92 Å². The van der Waals surface area contributed by atoms with E-state index >= 15 is 0 Å². The molecular formula is C14H25N3O5. The van der Waals surface area contributed by atoms with Crippen LogP contribution in [0.15, 0.2) is 0 Å². The number of ether oxygens (including phenoxy) is 1. The number of carbonyl (C=O) groups is 3. The quantitative estimate of drug-likeness (QED) is 0.671. The normalized spacial score (nSPS) is 18.5. The van der Waals surface area contributed by atoms with Gasteiger partial charge in [0.1, 0.15) is 5.60 Å². The van der Waals surface area contributed by atoms with Gasteiger partial charge in [-0.25, -0.2) is 9.59 Å². The third-order valence-electron chi connectivity index (χ3n) is 3.16. The van der Waals surface area contributed by atoms with E-state index in [1.54, 1.807) is 20.8 Å². The second-order valence-corrected chi connectivity index (χ2v) is 6.29. The van der Waals surface area contributed by atoms with E-state index in [4.69, 9.17) is 9.84 Å². The number of nitrogens with one attached hydrogen (secondary N) is 2. The summed E-state index contributed by atoms with van der Waals surface area (Å²) < 4.78 is 5.07. The Bertz CT molecular complexity index is 419. The van der Waals surface area contributed by atoms with Gasteiger partial charge in [-0.15, -0.1) is 0 Å². The van der Waals surface area contributed by atoms with Gasteiger partial charge in [-0.2, -0.15) is 0 Å². The van der Waals surface area contributed by atoms with Crippen LogP contribution >= 0.6 is 0 Å². The van der Waals surface area contributed by atoms with Gasteiger partial charge in [0.25, 0.3) is 0 Å². The highest BCUT2D eigenvalue weighted by Gasteiger charge is 2.27. The first-order chi connectivity index (χ1) is 10.2. The maximum Gasteiger partial charge on any atom is 0.407 e. The summed E-state index contributed by atoms with van der Waals surface area (Å²) in [5.41, 5.74) is -0.560. The number of likely N-dealkylation sites (tertiary alicyclic amines) is 1. The molecule has 1 aliphatic heterocycles. The number of nitrogens with zero attached hydrogens (tertiary/aromatic N) is 1. The van der Waals surface area contributed by atoms with Crippen LogP contribution < -0.4 is 10.6 Å². The van der Waals surface area contributed by atoms with Gasteiger partial charge < -0.3 is 25.4 Å². The Morgan fingerprint density at radius 3 is 2.45 bits per heavy atom. The summed E-state index contributed by atoms with van der Waals surface area (Å²) in [5.74, 6) is -0.511. The molecule has 0 radical (unpaired) electrons. The fourth-order valence-electron chi connectivity index (χ4n) is 2.17. The maximum absolute atomic E-state index is 12.0. The predicted molar refractivity (Wildman–Crippen MR) is 79.6 cm³/mol. The first-order valence-electron chi connectivity index (χ1n) is 7.41. The SMILES string of the molecule is CC(C)(C)OC(=O)NCCNC(=O)[C@H]1CCCN(C(=O)O)C1. The zero-order chi connectivity index (χ0) is 16.8. The van der Waals surface area contributed by atoms with Crippen molar-refractivity contribution >= 4 is 18.1 Å². The van der Waals surface area contributed by atoms with Crippen LogP contribution in [0.2, 0.25) is 0 Å². The van der Waals surface area contributed by atoms with Gasteiger partial charge in [-0.3, -0.25) is 4.79 Å². The van der Waals surface area contributed by atoms with Gasteiger partial charge in [0.15, 0.2) is 0 Å². The topological polar surface area (TPSA) is 108 Å². The average Bonchev–Trinajstić information content (AvgIpc) is 2.41. The lowest BCUT2D eigenvalue weighted by molar-refractivity contribution is -0.126. The number of hydrogen-bond acceptors (Lipinski definition) is 4. The van der Waals surface area contributed by atoms with Crippen LogP contribution in [0.4, 0.5) is 9.59 Å². The van der Waals surface area contributed by atoms with Gasteiger partial charge in [-0.05, 0) is 33.6 Å². The zero-order valence-electron chi connectivity index (χ0n) is 13.3. The van der Waals surface area contributed by atoms with Gasteiger partial charge in [0.2, 0.25) is 5.91 Å². The zero-order valence-corrected chi connectivity index (χ0v) is 13.3.